The Morgan fingerprint density at radius 2 is 1.75 bits per heavy atom. The Labute approximate surface area is 210 Å². The van der Waals surface area contributed by atoms with Gasteiger partial charge in [0.2, 0.25) is 5.88 Å². The fraction of sp³-hybridized carbons (Fsp3) is 0.429. The fourth-order valence-corrected chi connectivity index (χ4v) is 4.61. The lowest BCUT2D eigenvalue weighted by Gasteiger charge is -2.15. The molecule has 1 atom stereocenters. The van der Waals surface area contributed by atoms with E-state index >= 15 is 0 Å². The Kier molecular flexibility index (Phi) is 7.71. The van der Waals surface area contributed by atoms with E-state index in [1.165, 1.54) is 0 Å². The van der Waals surface area contributed by atoms with Gasteiger partial charge in [-0.15, -0.1) is 0 Å². The maximum atomic E-state index is 12.7. The van der Waals surface area contributed by atoms with E-state index in [4.69, 9.17) is 23.7 Å². The first-order valence-corrected chi connectivity index (χ1v) is 12.6. The van der Waals surface area contributed by atoms with Crippen LogP contribution < -0.4 is 24.6 Å². The second-order valence-corrected chi connectivity index (χ2v) is 9.01. The number of hydrogen-bond acceptors (Lipinski definition) is 7. The van der Waals surface area contributed by atoms with Gasteiger partial charge in [0.1, 0.15) is 23.9 Å². The molecule has 36 heavy (non-hydrogen) atoms. The molecule has 1 saturated heterocycles. The molecule has 2 aliphatic heterocycles. The van der Waals surface area contributed by atoms with Crippen LogP contribution in [0.2, 0.25) is 0 Å². The molecule has 190 valence electrons. The molecule has 3 heterocycles. The van der Waals surface area contributed by atoms with Crippen LogP contribution >= 0.6 is 0 Å². The fourth-order valence-electron chi connectivity index (χ4n) is 4.61. The van der Waals surface area contributed by atoms with Crippen LogP contribution in [0.5, 0.6) is 23.1 Å². The first kappa shape index (κ1) is 24.2. The van der Waals surface area contributed by atoms with Crippen molar-refractivity contribution in [1.82, 2.24) is 9.55 Å². The lowest BCUT2D eigenvalue weighted by atomic mass is 10.0. The topological polar surface area (TPSA) is 81.0 Å². The van der Waals surface area contributed by atoms with Crippen molar-refractivity contribution in [1.29, 1.82) is 0 Å². The largest absolute Gasteiger partial charge is 0.497 e. The maximum Gasteiger partial charge on any atom is 0.351 e. The maximum absolute atomic E-state index is 12.7. The zero-order valence-electron chi connectivity index (χ0n) is 20.6. The Morgan fingerprint density at radius 3 is 2.53 bits per heavy atom. The molecule has 8 nitrogen and oxygen atoms in total. The lowest BCUT2D eigenvalue weighted by Crippen LogP contribution is -2.26. The quantitative estimate of drug-likeness (QED) is 0.391. The van der Waals surface area contributed by atoms with E-state index < -0.39 is 0 Å². The van der Waals surface area contributed by atoms with Crippen LogP contribution in [0.25, 0.3) is 11.3 Å². The number of aromatic nitrogens is 2. The average molecular weight is 493 g/mol. The third-order valence-electron chi connectivity index (χ3n) is 6.49. The van der Waals surface area contributed by atoms with E-state index in [-0.39, 0.29) is 11.8 Å². The number of benzene rings is 2. The number of ether oxygens (including phenoxy) is 5. The molecule has 2 aromatic carbocycles. The van der Waals surface area contributed by atoms with Crippen molar-refractivity contribution in [3.05, 3.63) is 64.6 Å². The van der Waals surface area contributed by atoms with E-state index in [2.05, 4.69) is 11.1 Å². The smallest absolute Gasteiger partial charge is 0.351 e. The summed E-state index contributed by atoms with van der Waals surface area (Å²) in [6.07, 6.45) is 4.57. The highest BCUT2D eigenvalue weighted by atomic mass is 16.5. The highest BCUT2D eigenvalue weighted by Gasteiger charge is 2.20. The van der Waals surface area contributed by atoms with E-state index in [1.54, 1.807) is 11.7 Å². The standard InChI is InChI=1S/C28H32N2O6/c1-32-21-7-9-22(10-8-21)33-15-4-16-34-23-11-12-25-20(17-23)5-2-13-30-26(25)18-27(29-28(30)31)36-19-24-6-3-14-35-24/h7-12,17-18,24H,2-6,13-16,19H2,1H3. The lowest BCUT2D eigenvalue weighted by molar-refractivity contribution is 0.0661. The summed E-state index contributed by atoms with van der Waals surface area (Å²) in [5.41, 5.74) is 2.73. The van der Waals surface area contributed by atoms with Gasteiger partial charge in [0.05, 0.1) is 32.1 Å². The van der Waals surface area contributed by atoms with Crippen LogP contribution in [-0.2, 0) is 17.7 Å². The van der Waals surface area contributed by atoms with Crippen LogP contribution in [0.15, 0.2) is 53.3 Å². The molecule has 1 aromatic heterocycles. The Morgan fingerprint density at radius 1 is 0.972 bits per heavy atom. The van der Waals surface area contributed by atoms with Gasteiger partial charge >= 0.3 is 5.69 Å². The van der Waals surface area contributed by atoms with E-state index in [1.807, 2.05) is 42.5 Å². The molecular formula is C28H32N2O6. The van der Waals surface area contributed by atoms with E-state index in [0.717, 1.165) is 72.8 Å². The van der Waals surface area contributed by atoms with Crippen LogP contribution in [0.4, 0.5) is 0 Å². The second kappa shape index (κ2) is 11.5. The third-order valence-corrected chi connectivity index (χ3v) is 6.49. The van der Waals surface area contributed by atoms with Crippen molar-refractivity contribution < 1.29 is 23.7 Å². The summed E-state index contributed by atoms with van der Waals surface area (Å²) in [6, 6.07) is 15.5. The predicted molar refractivity (Wildman–Crippen MR) is 135 cm³/mol. The van der Waals surface area contributed by atoms with Gasteiger partial charge in [0.25, 0.3) is 0 Å². The zero-order chi connectivity index (χ0) is 24.7. The first-order chi connectivity index (χ1) is 17.7. The monoisotopic (exact) mass is 492 g/mol. The Hall–Kier alpha value is -3.52. The summed E-state index contributed by atoms with van der Waals surface area (Å²) in [5, 5.41) is 0. The molecule has 8 heteroatoms. The molecule has 0 saturated carbocycles. The van der Waals surface area contributed by atoms with Crippen molar-refractivity contribution in [3.63, 3.8) is 0 Å². The number of rotatable bonds is 10. The van der Waals surface area contributed by atoms with Gasteiger partial charge in [0, 0.05) is 31.2 Å². The zero-order valence-corrected chi connectivity index (χ0v) is 20.6. The minimum Gasteiger partial charge on any atom is -0.497 e. The second-order valence-electron chi connectivity index (χ2n) is 9.01. The third kappa shape index (κ3) is 5.82. The van der Waals surface area contributed by atoms with Crippen molar-refractivity contribution >= 4 is 0 Å². The minimum atomic E-state index is -0.278. The summed E-state index contributed by atoms with van der Waals surface area (Å²) in [5.74, 6) is 2.79. The average Bonchev–Trinajstić information content (AvgIpc) is 3.35. The number of methoxy groups -OCH3 is 1. The molecule has 5 rings (SSSR count). The molecule has 0 spiro atoms. The van der Waals surface area contributed by atoms with Crippen LogP contribution in [0, 0.1) is 0 Å². The van der Waals surface area contributed by atoms with Crippen LogP contribution in [-0.4, -0.2) is 49.2 Å². The van der Waals surface area contributed by atoms with Gasteiger partial charge in [-0.05, 0) is 73.7 Å². The van der Waals surface area contributed by atoms with Gasteiger partial charge in [0.15, 0.2) is 0 Å². The highest BCUT2D eigenvalue weighted by Crippen LogP contribution is 2.32. The highest BCUT2D eigenvalue weighted by molar-refractivity contribution is 5.67. The molecule has 0 aliphatic carbocycles. The van der Waals surface area contributed by atoms with Crippen molar-refractivity contribution in [2.75, 3.05) is 33.5 Å². The first-order valence-electron chi connectivity index (χ1n) is 12.6. The molecule has 0 amide bonds. The Bertz CT molecular complexity index is 1220. The number of fused-ring (bicyclic) bond motifs is 3. The molecule has 3 aromatic rings. The number of hydrogen-bond donors (Lipinski definition) is 0. The summed E-state index contributed by atoms with van der Waals surface area (Å²) >= 11 is 0. The van der Waals surface area contributed by atoms with Gasteiger partial charge < -0.3 is 23.7 Å². The summed E-state index contributed by atoms with van der Waals surface area (Å²) in [6.45, 7) is 2.92. The summed E-state index contributed by atoms with van der Waals surface area (Å²) in [4.78, 5) is 16.9. The Balaban J connectivity index is 1.21. The van der Waals surface area contributed by atoms with Gasteiger partial charge in [-0.3, -0.25) is 4.57 Å². The molecule has 1 fully saturated rings. The summed E-state index contributed by atoms with van der Waals surface area (Å²) < 4.78 is 30.1. The van der Waals surface area contributed by atoms with E-state index in [0.29, 0.717) is 32.2 Å². The van der Waals surface area contributed by atoms with Gasteiger partial charge in [-0.1, -0.05) is 0 Å². The molecule has 0 radical (unpaired) electrons. The van der Waals surface area contributed by atoms with Gasteiger partial charge in [-0.2, -0.15) is 4.98 Å². The van der Waals surface area contributed by atoms with Crippen molar-refractivity contribution in [2.24, 2.45) is 0 Å². The van der Waals surface area contributed by atoms with Gasteiger partial charge in [-0.25, -0.2) is 4.79 Å². The molecular weight excluding hydrogens is 460 g/mol. The predicted octanol–water partition coefficient (Wildman–Crippen LogP) is 4.27. The minimum absolute atomic E-state index is 0.0713. The molecule has 2 aliphatic rings. The summed E-state index contributed by atoms with van der Waals surface area (Å²) in [7, 11) is 1.64. The molecule has 1 unspecified atom stereocenters. The van der Waals surface area contributed by atoms with Crippen LogP contribution in [0.1, 0.15) is 31.2 Å². The van der Waals surface area contributed by atoms with Crippen molar-refractivity contribution in [2.45, 2.75) is 44.8 Å². The van der Waals surface area contributed by atoms with Crippen molar-refractivity contribution in [3.8, 4) is 34.4 Å². The normalized spacial score (nSPS) is 16.5. The number of aryl methyl sites for hydroxylation is 1. The molecule has 0 N–H and O–H groups in total. The molecule has 0 bridgehead atoms. The van der Waals surface area contributed by atoms with E-state index in [9.17, 15) is 4.79 Å². The van der Waals surface area contributed by atoms with Crippen LogP contribution in [0.3, 0.4) is 0 Å². The SMILES string of the molecule is COc1ccc(OCCCOc2ccc3c(c2)CCCn2c-3cc(OCC3CCCO3)nc2=O)cc1. The number of nitrogens with zero attached hydrogens (tertiary/aromatic N) is 2.